The lowest BCUT2D eigenvalue weighted by atomic mass is 10.2. The monoisotopic (exact) mass is 577 g/mol. The van der Waals surface area contributed by atoms with Gasteiger partial charge in [0.2, 0.25) is 0 Å². The maximum absolute atomic E-state index is 13.1. The number of methoxy groups -OCH3 is 1. The van der Waals surface area contributed by atoms with Crippen LogP contribution in [-0.2, 0) is 16.4 Å². The molecule has 0 unspecified atom stereocenters. The first-order chi connectivity index (χ1) is 18.7. The topological polar surface area (TPSA) is 90.3 Å². The van der Waals surface area contributed by atoms with Crippen LogP contribution in [0.1, 0.15) is 16.1 Å². The molecule has 2 heterocycles. The number of nitrogens with zero attached hydrogens (tertiary/aromatic N) is 2. The van der Waals surface area contributed by atoms with Gasteiger partial charge in [0.15, 0.2) is 15.5 Å². The number of rotatable bonds is 8. The number of amides is 1. The van der Waals surface area contributed by atoms with Crippen molar-refractivity contribution in [3.8, 4) is 32.4 Å². The number of halogens is 1. The number of ether oxygens (including phenoxy) is 1. The molecular weight excluding hydrogens is 554 g/mol. The van der Waals surface area contributed by atoms with Gasteiger partial charge < -0.3 is 10.1 Å². The second-order valence-electron chi connectivity index (χ2n) is 8.78. The zero-order valence-corrected chi connectivity index (χ0v) is 23.5. The molecule has 5 aromatic rings. The van der Waals surface area contributed by atoms with Crippen LogP contribution in [-0.4, -0.2) is 37.5 Å². The van der Waals surface area contributed by atoms with Crippen molar-refractivity contribution in [1.29, 1.82) is 0 Å². The Morgan fingerprint density at radius 1 is 0.974 bits per heavy atom. The van der Waals surface area contributed by atoms with Gasteiger partial charge in [0.05, 0.1) is 33.3 Å². The highest BCUT2D eigenvalue weighted by Crippen LogP contribution is 2.37. The van der Waals surface area contributed by atoms with E-state index in [-0.39, 0.29) is 16.5 Å². The molecule has 0 saturated carbocycles. The van der Waals surface area contributed by atoms with Crippen LogP contribution in [0, 0.1) is 0 Å². The summed E-state index contributed by atoms with van der Waals surface area (Å²) in [5.74, 6) is 0.380. The van der Waals surface area contributed by atoms with Crippen LogP contribution in [0.4, 0.5) is 0 Å². The molecule has 1 amide bonds. The summed E-state index contributed by atoms with van der Waals surface area (Å²) in [7, 11) is -1.74. The van der Waals surface area contributed by atoms with Crippen LogP contribution in [0.25, 0.3) is 26.7 Å². The molecule has 3 aromatic carbocycles. The third-order valence-electron chi connectivity index (χ3n) is 6.02. The van der Waals surface area contributed by atoms with E-state index in [2.05, 4.69) is 10.4 Å². The van der Waals surface area contributed by atoms with E-state index in [1.54, 1.807) is 42.1 Å². The number of carbonyl (C=O) groups is 1. The van der Waals surface area contributed by atoms with Gasteiger partial charge in [-0.25, -0.2) is 13.1 Å². The summed E-state index contributed by atoms with van der Waals surface area (Å²) in [6.45, 7) is 0.310. The molecule has 0 fully saturated rings. The molecule has 198 valence electrons. The van der Waals surface area contributed by atoms with Crippen molar-refractivity contribution < 1.29 is 17.9 Å². The van der Waals surface area contributed by atoms with E-state index in [0.717, 1.165) is 20.9 Å². The number of carbonyl (C=O) groups excluding carboxylic acids is 1. The Hall–Kier alpha value is -3.92. The number of benzene rings is 3. The average molecular weight is 578 g/mol. The number of hydrogen-bond donors (Lipinski definition) is 1. The summed E-state index contributed by atoms with van der Waals surface area (Å²) in [4.78, 5) is 15.1. The van der Waals surface area contributed by atoms with Gasteiger partial charge in [0.25, 0.3) is 5.91 Å². The van der Waals surface area contributed by atoms with Gasteiger partial charge in [0.1, 0.15) is 5.75 Å². The third kappa shape index (κ3) is 5.90. The summed E-state index contributed by atoms with van der Waals surface area (Å²) in [5, 5.41) is 8.02. The zero-order valence-electron chi connectivity index (χ0n) is 21.1. The van der Waals surface area contributed by atoms with E-state index in [1.807, 2.05) is 60.7 Å². The fourth-order valence-electron chi connectivity index (χ4n) is 4.04. The van der Waals surface area contributed by atoms with Gasteiger partial charge in [-0.2, -0.15) is 5.10 Å². The van der Waals surface area contributed by atoms with Gasteiger partial charge in [-0.15, -0.1) is 11.3 Å². The predicted octanol–water partition coefficient (Wildman–Crippen LogP) is 6.26. The van der Waals surface area contributed by atoms with Crippen molar-refractivity contribution in [2.75, 3.05) is 13.4 Å². The minimum absolute atomic E-state index is 0.238. The van der Waals surface area contributed by atoms with Crippen molar-refractivity contribution in [2.24, 2.45) is 0 Å². The lowest BCUT2D eigenvalue weighted by Gasteiger charge is -2.08. The first-order valence-corrected chi connectivity index (χ1v) is 15.0. The second kappa shape index (κ2) is 11.1. The molecule has 0 radical (unpaired) electrons. The highest BCUT2D eigenvalue weighted by Gasteiger charge is 2.20. The summed E-state index contributed by atoms with van der Waals surface area (Å²) in [6, 6.07) is 27.2. The van der Waals surface area contributed by atoms with Crippen molar-refractivity contribution >= 4 is 38.7 Å². The molecule has 0 aliphatic rings. The fourth-order valence-corrected chi connectivity index (χ4v) is 5.93. The Bertz CT molecular complexity index is 1780. The molecule has 2 aromatic heterocycles. The Kier molecular flexibility index (Phi) is 7.56. The lowest BCUT2D eigenvalue weighted by Crippen LogP contribution is -2.23. The number of aromatic nitrogens is 2. The standard InChI is InChI=1S/C29H24ClN3O4S2/c1-37-21-9-5-7-19(15-21)18-31-29(34)24-17-26(33(32-24)25-12-4-3-11-23(25)30)28-14-13-27(38-28)20-8-6-10-22(16-20)39(2,35)36/h3-17H,18H2,1-2H3,(H,31,34). The second-order valence-corrected chi connectivity index (χ2v) is 12.3. The highest BCUT2D eigenvalue weighted by atomic mass is 35.5. The fraction of sp³-hybridized carbons (Fsp3) is 0.103. The van der Waals surface area contributed by atoms with E-state index in [4.69, 9.17) is 16.3 Å². The maximum Gasteiger partial charge on any atom is 0.272 e. The van der Waals surface area contributed by atoms with E-state index in [1.165, 1.54) is 17.6 Å². The van der Waals surface area contributed by atoms with Gasteiger partial charge in [-0.1, -0.05) is 48.0 Å². The van der Waals surface area contributed by atoms with Gasteiger partial charge in [-0.05, 0) is 65.7 Å². The smallest absolute Gasteiger partial charge is 0.272 e. The molecule has 0 bridgehead atoms. The molecule has 0 aliphatic carbocycles. The first kappa shape index (κ1) is 26.7. The SMILES string of the molecule is COc1cccc(CNC(=O)c2cc(-c3ccc(-c4cccc(S(C)(=O)=O)c4)s3)n(-c3ccccc3Cl)n2)c1. The number of sulfone groups is 1. The van der Waals surface area contributed by atoms with Crippen molar-refractivity contribution in [1.82, 2.24) is 15.1 Å². The van der Waals surface area contributed by atoms with Gasteiger partial charge in [-0.3, -0.25) is 4.79 Å². The van der Waals surface area contributed by atoms with Crippen LogP contribution in [0.5, 0.6) is 5.75 Å². The summed E-state index contributed by atoms with van der Waals surface area (Å²) >= 11 is 7.98. The van der Waals surface area contributed by atoms with Crippen molar-refractivity contribution in [3.05, 3.63) is 107 Å². The highest BCUT2D eigenvalue weighted by molar-refractivity contribution is 7.90. The number of para-hydroxylation sites is 1. The maximum atomic E-state index is 13.1. The number of thiophene rings is 1. The van der Waals surface area contributed by atoms with Crippen LogP contribution < -0.4 is 10.1 Å². The van der Waals surface area contributed by atoms with E-state index < -0.39 is 9.84 Å². The normalized spacial score (nSPS) is 11.4. The summed E-state index contributed by atoms with van der Waals surface area (Å²) in [6.07, 6.45) is 1.19. The summed E-state index contributed by atoms with van der Waals surface area (Å²) < 4.78 is 31.0. The minimum Gasteiger partial charge on any atom is -0.497 e. The molecule has 7 nitrogen and oxygen atoms in total. The van der Waals surface area contributed by atoms with Crippen LogP contribution in [0.15, 0.2) is 95.9 Å². The Morgan fingerprint density at radius 3 is 2.51 bits per heavy atom. The van der Waals surface area contributed by atoms with E-state index >= 15 is 0 Å². The van der Waals surface area contributed by atoms with Crippen LogP contribution >= 0.6 is 22.9 Å². The molecule has 10 heteroatoms. The van der Waals surface area contributed by atoms with Crippen LogP contribution in [0.2, 0.25) is 5.02 Å². The average Bonchev–Trinajstić information content (AvgIpc) is 3.60. The van der Waals surface area contributed by atoms with Crippen LogP contribution in [0.3, 0.4) is 0 Å². The van der Waals surface area contributed by atoms with Crippen molar-refractivity contribution in [3.63, 3.8) is 0 Å². The molecule has 0 aliphatic heterocycles. The molecule has 0 atom stereocenters. The summed E-state index contributed by atoms with van der Waals surface area (Å²) in [5.41, 5.74) is 3.24. The molecule has 1 N–H and O–H groups in total. The Balaban J connectivity index is 1.50. The lowest BCUT2D eigenvalue weighted by molar-refractivity contribution is 0.0945. The van der Waals surface area contributed by atoms with Crippen molar-refractivity contribution in [2.45, 2.75) is 11.4 Å². The Morgan fingerprint density at radius 2 is 1.74 bits per heavy atom. The molecule has 39 heavy (non-hydrogen) atoms. The number of hydrogen-bond acceptors (Lipinski definition) is 6. The molecule has 0 spiro atoms. The third-order valence-corrected chi connectivity index (χ3v) is 8.60. The first-order valence-electron chi connectivity index (χ1n) is 11.9. The van der Waals surface area contributed by atoms with Gasteiger partial charge >= 0.3 is 0 Å². The number of nitrogens with one attached hydrogen (secondary N) is 1. The molecule has 5 rings (SSSR count). The largest absolute Gasteiger partial charge is 0.497 e. The van der Waals surface area contributed by atoms with Gasteiger partial charge in [0, 0.05) is 17.7 Å². The van der Waals surface area contributed by atoms with E-state index in [0.29, 0.717) is 28.7 Å². The predicted molar refractivity (Wildman–Crippen MR) is 155 cm³/mol. The quantitative estimate of drug-likeness (QED) is 0.235. The Labute approximate surface area is 235 Å². The molecule has 0 saturated heterocycles. The zero-order chi connectivity index (χ0) is 27.6. The minimum atomic E-state index is -3.34. The van der Waals surface area contributed by atoms with E-state index in [9.17, 15) is 13.2 Å². The molecular formula is C29H24ClN3O4S2.